The Bertz CT molecular complexity index is 541. The summed E-state index contributed by atoms with van der Waals surface area (Å²) in [5.41, 5.74) is 1.27. The molecule has 0 spiro atoms. The Kier molecular flexibility index (Phi) is 2.97. The van der Waals surface area contributed by atoms with Gasteiger partial charge >= 0.3 is 0 Å². The van der Waals surface area contributed by atoms with Crippen LogP contribution in [-0.2, 0) is 0 Å². The summed E-state index contributed by atoms with van der Waals surface area (Å²) in [4.78, 5) is 0. The second-order valence-electron chi connectivity index (χ2n) is 3.12. The fraction of sp³-hybridized carbons (Fsp3) is 0.0833. The van der Waals surface area contributed by atoms with Crippen molar-refractivity contribution in [2.45, 2.75) is 0 Å². The maximum atomic E-state index is 9.05. The second kappa shape index (κ2) is 4.42. The summed E-state index contributed by atoms with van der Waals surface area (Å²) >= 11 is 3.34. The third-order valence-corrected chi connectivity index (χ3v) is 2.82. The van der Waals surface area contributed by atoms with E-state index in [1.165, 1.54) is 0 Å². The molecule has 0 aliphatic heterocycles. The zero-order valence-corrected chi connectivity index (χ0v) is 10.1. The van der Waals surface area contributed by atoms with Crippen LogP contribution >= 0.6 is 15.9 Å². The lowest BCUT2D eigenvalue weighted by Crippen LogP contribution is -1.89. The summed E-state index contributed by atoms with van der Waals surface area (Å²) in [7, 11) is 1.58. The van der Waals surface area contributed by atoms with Crippen molar-refractivity contribution in [3.05, 3.63) is 40.6 Å². The van der Waals surface area contributed by atoms with E-state index in [0.29, 0.717) is 17.1 Å². The van der Waals surface area contributed by atoms with Crippen molar-refractivity contribution in [2.75, 3.05) is 7.11 Å². The number of halogens is 1. The molecule has 1 heterocycles. The van der Waals surface area contributed by atoms with E-state index in [0.717, 1.165) is 10.0 Å². The van der Waals surface area contributed by atoms with Crippen LogP contribution in [0.1, 0.15) is 5.56 Å². The summed E-state index contributed by atoms with van der Waals surface area (Å²) < 4.78 is 11.2. The molecule has 0 radical (unpaired) electrons. The number of nitriles is 1. The van der Waals surface area contributed by atoms with Gasteiger partial charge in [0.25, 0.3) is 0 Å². The second-order valence-corrected chi connectivity index (χ2v) is 3.98. The van der Waals surface area contributed by atoms with E-state index in [-0.39, 0.29) is 0 Å². The predicted octanol–water partition coefficient (Wildman–Crippen LogP) is 3.59. The van der Waals surface area contributed by atoms with Crippen molar-refractivity contribution in [1.29, 1.82) is 5.26 Å². The van der Waals surface area contributed by atoms with E-state index in [2.05, 4.69) is 22.0 Å². The van der Waals surface area contributed by atoms with Crippen molar-refractivity contribution in [3.8, 4) is 23.1 Å². The zero-order chi connectivity index (χ0) is 11.5. The van der Waals surface area contributed by atoms with Gasteiger partial charge in [-0.05, 0) is 40.2 Å². The van der Waals surface area contributed by atoms with Crippen LogP contribution in [0.25, 0.3) is 11.3 Å². The molecule has 2 rings (SSSR count). The average Bonchev–Trinajstić information content (AvgIpc) is 2.82. The summed E-state index contributed by atoms with van der Waals surface area (Å²) in [6.07, 6.45) is 1.57. The van der Waals surface area contributed by atoms with Crippen LogP contribution in [0.5, 0.6) is 5.75 Å². The molecule has 0 fully saturated rings. The number of rotatable bonds is 2. The van der Waals surface area contributed by atoms with Crippen molar-refractivity contribution < 1.29 is 9.15 Å². The SMILES string of the molecule is COc1cc(-c2ccco2)c(C#N)cc1Br. The molecule has 0 unspecified atom stereocenters. The van der Waals surface area contributed by atoms with Crippen molar-refractivity contribution in [2.24, 2.45) is 0 Å². The van der Waals surface area contributed by atoms with E-state index < -0.39 is 0 Å². The molecule has 0 aliphatic rings. The molecule has 80 valence electrons. The third-order valence-electron chi connectivity index (χ3n) is 2.20. The molecule has 0 aliphatic carbocycles. The molecule has 1 aromatic heterocycles. The van der Waals surface area contributed by atoms with E-state index in [1.807, 2.05) is 6.07 Å². The minimum Gasteiger partial charge on any atom is -0.496 e. The highest BCUT2D eigenvalue weighted by atomic mass is 79.9. The fourth-order valence-electron chi connectivity index (χ4n) is 1.44. The molecule has 1 aromatic carbocycles. The number of hydrogen-bond acceptors (Lipinski definition) is 3. The standard InChI is InChI=1S/C12H8BrNO2/c1-15-12-6-9(11-3-2-4-16-11)8(7-14)5-10(12)13/h2-6H,1H3. The molecule has 3 nitrogen and oxygen atoms in total. The van der Waals surface area contributed by atoms with Crippen LogP contribution in [0.3, 0.4) is 0 Å². The van der Waals surface area contributed by atoms with E-state index in [4.69, 9.17) is 14.4 Å². The van der Waals surface area contributed by atoms with Gasteiger partial charge in [0.2, 0.25) is 0 Å². The Morgan fingerprint density at radius 1 is 1.44 bits per heavy atom. The molecule has 2 aromatic rings. The van der Waals surface area contributed by atoms with Crippen LogP contribution in [0.4, 0.5) is 0 Å². The first-order valence-corrected chi connectivity index (χ1v) is 5.37. The van der Waals surface area contributed by atoms with Gasteiger partial charge in [-0.25, -0.2) is 0 Å². The summed E-state index contributed by atoms with van der Waals surface area (Å²) in [5.74, 6) is 1.33. The number of furan rings is 1. The minimum atomic E-state index is 0.544. The van der Waals surface area contributed by atoms with Gasteiger partial charge in [0.05, 0.1) is 29.5 Å². The van der Waals surface area contributed by atoms with Crippen LogP contribution in [0.2, 0.25) is 0 Å². The van der Waals surface area contributed by atoms with Gasteiger partial charge in [-0.15, -0.1) is 0 Å². The summed E-state index contributed by atoms with van der Waals surface area (Å²) in [6.45, 7) is 0. The number of ether oxygens (including phenoxy) is 1. The minimum absolute atomic E-state index is 0.544. The first-order chi connectivity index (χ1) is 7.76. The Labute approximate surface area is 101 Å². The topological polar surface area (TPSA) is 46.2 Å². The maximum absolute atomic E-state index is 9.05. The average molecular weight is 278 g/mol. The monoisotopic (exact) mass is 277 g/mol. The number of hydrogen-bond donors (Lipinski definition) is 0. The molecule has 16 heavy (non-hydrogen) atoms. The quantitative estimate of drug-likeness (QED) is 0.843. The van der Waals surface area contributed by atoms with Gasteiger partial charge in [0, 0.05) is 5.56 Å². The number of nitrogens with zero attached hydrogens (tertiary/aromatic N) is 1. The first kappa shape index (κ1) is 10.8. The van der Waals surface area contributed by atoms with Gasteiger partial charge in [-0.2, -0.15) is 5.26 Å². The van der Waals surface area contributed by atoms with Gasteiger partial charge in [-0.1, -0.05) is 0 Å². The lowest BCUT2D eigenvalue weighted by Gasteiger charge is -2.07. The lowest BCUT2D eigenvalue weighted by atomic mass is 10.1. The van der Waals surface area contributed by atoms with Crippen molar-refractivity contribution in [3.63, 3.8) is 0 Å². The largest absolute Gasteiger partial charge is 0.496 e. The maximum Gasteiger partial charge on any atom is 0.135 e. The molecule has 0 atom stereocenters. The Morgan fingerprint density at radius 2 is 2.25 bits per heavy atom. The van der Waals surface area contributed by atoms with Gasteiger partial charge in [0.15, 0.2) is 0 Å². The normalized spacial score (nSPS) is 9.81. The van der Waals surface area contributed by atoms with E-state index >= 15 is 0 Å². The lowest BCUT2D eigenvalue weighted by molar-refractivity contribution is 0.412. The Balaban J connectivity index is 2.64. The van der Waals surface area contributed by atoms with Crippen molar-refractivity contribution >= 4 is 15.9 Å². The van der Waals surface area contributed by atoms with Gasteiger partial charge < -0.3 is 9.15 Å². The third kappa shape index (κ3) is 1.82. The summed E-state index contributed by atoms with van der Waals surface area (Å²) in [5, 5.41) is 9.05. The van der Waals surface area contributed by atoms with Gasteiger partial charge in [-0.3, -0.25) is 0 Å². The molecular formula is C12H8BrNO2. The molecule has 0 saturated heterocycles. The molecule has 4 heteroatoms. The number of methoxy groups -OCH3 is 1. The predicted molar refractivity (Wildman–Crippen MR) is 63.1 cm³/mol. The highest BCUT2D eigenvalue weighted by Gasteiger charge is 2.12. The van der Waals surface area contributed by atoms with E-state index in [1.54, 1.807) is 31.6 Å². The highest BCUT2D eigenvalue weighted by molar-refractivity contribution is 9.10. The first-order valence-electron chi connectivity index (χ1n) is 4.57. The number of benzene rings is 1. The van der Waals surface area contributed by atoms with Crippen LogP contribution in [0.15, 0.2) is 39.4 Å². The van der Waals surface area contributed by atoms with Gasteiger partial charge in [0.1, 0.15) is 11.5 Å². The van der Waals surface area contributed by atoms with Crippen LogP contribution in [-0.4, -0.2) is 7.11 Å². The summed E-state index contributed by atoms with van der Waals surface area (Å²) in [6, 6.07) is 9.22. The smallest absolute Gasteiger partial charge is 0.135 e. The van der Waals surface area contributed by atoms with E-state index in [9.17, 15) is 0 Å². The molecule has 0 saturated carbocycles. The molecule has 0 bridgehead atoms. The Morgan fingerprint density at radius 3 is 2.81 bits per heavy atom. The fourth-order valence-corrected chi connectivity index (χ4v) is 1.94. The molecule has 0 amide bonds. The highest BCUT2D eigenvalue weighted by Crippen LogP contribution is 2.33. The Hall–Kier alpha value is -1.73. The van der Waals surface area contributed by atoms with Crippen LogP contribution < -0.4 is 4.74 Å². The van der Waals surface area contributed by atoms with Crippen LogP contribution in [0, 0.1) is 11.3 Å². The zero-order valence-electron chi connectivity index (χ0n) is 8.53. The molecular weight excluding hydrogens is 270 g/mol. The molecule has 0 N–H and O–H groups in total. The van der Waals surface area contributed by atoms with Crippen molar-refractivity contribution in [1.82, 2.24) is 0 Å².